The molecule has 0 saturated carbocycles. The standard InChI is InChI=1S/C26H24N4O2S2/c1-16-6-8-18(9-7-16)15-30-17(2)22(25-28-24(29-32-25)21-5-4-14-34-21)23(27-26(30)33)19-10-12-20(31-3)13-11-19/h4-14,23H,15H2,1-3H3,(H,27,33). The molecule has 172 valence electrons. The molecule has 2 aromatic heterocycles. The van der Waals surface area contributed by atoms with E-state index in [1.165, 1.54) is 11.1 Å². The number of thiophene rings is 1. The first-order chi connectivity index (χ1) is 16.5. The van der Waals surface area contributed by atoms with Crippen molar-refractivity contribution in [2.24, 2.45) is 0 Å². The summed E-state index contributed by atoms with van der Waals surface area (Å²) in [6.07, 6.45) is 0. The maximum Gasteiger partial charge on any atom is 0.258 e. The van der Waals surface area contributed by atoms with Gasteiger partial charge in [0, 0.05) is 12.2 Å². The normalized spacial score (nSPS) is 16.0. The molecule has 34 heavy (non-hydrogen) atoms. The lowest BCUT2D eigenvalue weighted by Crippen LogP contribution is -2.45. The van der Waals surface area contributed by atoms with Crippen LogP contribution in [0, 0.1) is 6.92 Å². The number of aryl methyl sites for hydroxylation is 1. The first-order valence-corrected chi connectivity index (χ1v) is 12.2. The van der Waals surface area contributed by atoms with Crippen molar-refractivity contribution in [1.29, 1.82) is 0 Å². The van der Waals surface area contributed by atoms with Gasteiger partial charge in [-0.1, -0.05) is 53.2 Å². The smallest absolute Gasteiger partial charge is 0.258 e. The molecular weight excluding hydrogens is 464 g/mol. The molecule has 0 aliphatic carbocycles. The molecule has 8 heteroatoms. The van der Waals surface area contributed by atoms with Crippen molar-refractivity contribution in [1.82, 2.24) is 20.4 Å². The van der Waals surface area contributed by atoms with Crippen LogP contribution in [0.25, 0.3) is 16.3 Å². The fourth-order valence-electron chi connectivity index (χ4n) is 4.01. The minimum Gasteiger partial charge on any atom is -0.497 e. The summed E-state index contributed by atoms with van der Waals surface area (Å²) in [6, 6.07) is 20.1. The van der Waals surface area contributed by atoms with Gasteiger partial charge in [0.05, 0.1) is 23.6 Å². The molecule has 0 radical (unpaired) electrons. The number of hydrogen-bond acceptors (Lipinski definition) is 6. The van der Waals surface area contributed by atoms with Crippen LogP contribution in [0.5, 0.6) is 5.75 Å². The summed E-state index contributed by atoms with van der Waals surface area (Å²) in [5.74, 6) is 1.85. The molecule has 1 aliphatic rings. The highest BCUT2D eigenvalue weighted by molar-refractivity contribution is 7.80. The van der Waals surface area contributed by atoms with Gasteiger partial charge < -0.3 is 19.5 Å². The van der Waals surface area contributed by atoms with E-state index in [4.69, 9.17) is 26.5 Å². The van der Waals surface area contributed by atoms with Crippen molar-refractivity contribution < 1.29 is 9.26 Å². The van der Waals surface area contributed by atoms with E-state index in [2.05, 4.69) is 53.5 Å². The van der Waals surface area contributed by atoms with Crippen LogP contribution in [-0.2, 0) is 6.54 Å². The van der Waals surface area contributed by atoms with Crippen molar-refractivity contribution in [3.8, 4) is 16.5 Å². The third kappa shape index (κ3) is 4.34. The second-order valence-corrected chi connectivity index (χ2v) is 9.46. The molecule has 0 bridgehead atoms. The number of thiocarbonyl (C=S) groups is 1. The van der Waals surface area contributed by atoms with Crippen LogP contribution in [0.1, 0.15) is 35.5 Å². The van der Waals surface area contributed by atoms with Crippen LogP contribution in [0.4, 0.5) is 0 Å². The number of aromatic nitrogens is 2. The SMILES string of the molecule is COc1ccc(C2NC(=S)N(Cc3ccc(C)cc3)C(C)=C2c2nc(-c3cccs3)no2)cc1. The molecule has 0 amide bonds. The summed E-state index contributed by atoms with van der Waals surface area (Å²) in [7, 11) is 1.66. The maximum absolute atomic E-state index is 5.82. The van der Waals surface area contributed by atoms with Crippen LogP contribution < -0.4 is 10.1 Å². The fourth-order valence-corrected chi connectivity index (χ4v) is 4.98. The van der Waals surface area contributed by atoms with Gasteiger partial charge in [-0.25, -0.2) is 0 Å². The first-order valence-electron chi connectivity index (χ1n) is 10.9. The zero-order valence-corrected chi connectivity index (χ0v) is 20.7. The molecule has 3 heterocycles. The lowest BCUT2D eigenvalue weighted by atomic mass is 9.94. The second kappa shape index (κ2) is 9.40. The van der Waals surface area contributed by atoms with Gasteiger partial charge >= 0.3 is 0 Å². The van der Waals surface area contributed by atoms with E-state index in [-0.39, 0.29) is 6.04 Å². The van der Waals surface area contributed by atoms with Gasteiger partial charge in [0.2, 0.25) is 5.82 Å². The van der Waals surface area contributed by atoms with Crippen molar-refractivity contribution >= 4 is 34.2 Å². The molecule has 5 rings (SSSR count). The van der Waals surface area contributed by atoms with Gasteiger partial charge in [0.25, 0.3) is 5.89 Å². The van der Waals surface area contributed by atoms with Gasteiger partial charge in [0.15, 0.2) is 5.11 Å². The van der Waals surface area contributed by atoms with Crippen molar-refractivity contribution in [2.45, 2.75) is 26.4 Å². The highest BCUT2D eigenvalue weighted by atomic mass is 32.1. The number of methoxy groups -OCH3 is 1. The Labute approximate surface area is 207 Å². The number of nitrogens with zero attached hydrogens (tertiary/aromatic N) is 3. The van der Waals surface area contributed by atoms with Crippen molar-refractivity contribution in [3.63, 3.8) is 0 Å². The third-order valence-electron chi connectivity index (χ3n) is 5.90. The topological polar surface area (TPSA) is 63.4 Å². The van der Waals surface area contributed by atoms with Gasteiger partial charge in [-0.15, -0.1) is 11.3 Å². The van der Waals surface area contributed by atoms with Crippen LogP contribution >= 0.6 is 23.6 Å². The summed E-state index contributed by atoms with van der Waals surface area (Å²) in [5, 5.41) is 10.4. The average molecular weight is 489 g/mol. The van der Waals surface area contributed by atoms with E-state index in [1.807, 2.05) is 41.8 Å². The van der Waals surface area contributed by atoms with E-state index < -0.39 is 0 Å². The summed E-state index contributed by atoms with van der Waals surface area (Å²) >= 11 is 7.40. The van der Waals surface area contributed by atoms with Gasteiger partial charge in [-0.3, -0.25) is 0 Å². The molecule has 1 aliphatic heterocycles. The van der Waals surface area contributed by atoms with Gasteiger partial charge in [0.1, 0.15) is 5.75 Å². The molecule has 6 nitrogen and oxygen atoms in total. The summed E-state index contributed by atoms with van der Waals surface area (Å²) in [5.41, 5.74) is 5.31. The largest absolute Gasteiger partial charge is 0.497 e. The fraction of sp³-hybridized carbons (Fsp3) is 0.192. The molecule has 0 spiro atoms. The Morgan fingerprint density at radius 2 is 1.85 bits per heavy atom. The predicted molar refractivity (Wildman–Crippen MR) is 138 cm³/mol. The highest BCUT2D eigenvalue weighted by Gasteiger charge is 2.34. The predicted octanol–water partition coefficient (Wildman–Crippen LogP) is 5.98. The molecule has 1 atom stereocenters. The second-order valence-electron chi connectivity index (χ2n) is 8.13. The molecule has 2 aromatic carbocycles. The molecule has 1 N–H and O–H groups in total. The maximum atomic E-state index is 5.82. The Morgan fingerprint density at radius 3 is 2.53 bits per heavy atom. The quantitative estimate of drug-likeness (QED) is 0.335. The van der Waals surface area contributed by atoms with Gasteiger partial charge in [-0.2, -0.15) is 4.98 Å². The highest BCUT2D eigenvalue weighted by Crippen LogP contribution is 2.38. The number of rotatable bonds is 6. The summed E-state index contributed by atoms with van der Waals surface area (Å²) in [6.45, 7) is 4.78. The number of hydrogen-bond donors (Lipinski definition) is 1. The number of nitrogens with one attached hydrogen (secondary N) is 1. The zero-order chi connectivity index (χ0) is 23.7. The molecular formula is C26H24N4O2S2. The summed E-state index contributed by atoms with van der Waals surface area (Å²) in [4.78, 5) is 7.81. The first kappa shape index (κ1) is 22.3. The third-order valence-corrected chi connectivity index (χ3v) is 7.11. The number of benzene rings is 2. The Morgan fingerprint density at radius 1 is 1.09 bits per heavy atom. The van der Waals surface area contributed by atoms with E-state index in [1.54, 1.807) is 18.4 Å². The van der Waals surface area contributed by atoms with E-state index in [0.717, 1.165) is 27.5 Å². The van der Waals surface area contributed by atoms with Crippen LogP contribution in [0.15, 0.2) is 76.3 Å². The van der Waals surface area contributed by atoms with E-state index in [0.29, 0.717) is 23.4 Å². The Hall–Kier alpha value is -3.49. The minimum atomic E-state index is -0.232. The molecule has 4 aromatic rings. The van der Waals surface area contributed by atoms with Gasteiger partial charge in [-0.05, 0) is 60.8 Å². The van der Waals surface area contributed by atoms with Crippen LogP contribution in [-0.4, -0.2) is 27.3 Å². The van der Waals surface area contributed by atoms with E-state index in [9.17, 15) is 0 Å². The van der Waals surface area contributed by atoms with E-state index >= 15 is 0 Å². The van der Waals surface area contributed by atoms with Crippen molar-refractivity contribution in [3.05, 3.63) is 94.3 Å². The molecule has 0 saturated heterocycles. The number of ether oxygens (including phenoxy) is 1. The Balaban J connectivity index is 1.58. The summed E-state index contributed by atoms with van der Waals surface area (Å²) < 4.78 is 11.1. The lowest BCUT2D eigenvalue weighted by molar-refractivity contribution is 0.396. The molecule has 0 fully saturated rings. The Bertz CT molecular complexity index is 1330. The Kier molecular flexibility index (Phi) is 6.17. The van der Waals surface area contributed by atoms with Crippen LogP contribution in [0.2, 0.25) is 0 Å². The minimum absolute atomic E-state index is 0.232. The zero-order valence-electron chi connectivity index (χ0n) is 19.1. The van der Waals surface area contributed by atoms with Crippen molar-refractivity contribution in [2.75, 3.05) is 7.11 Å². The molecule has 1 unspecified atom stereocenters. The number of allylic oxidation sites excluding steroid dienone is 1. The average Bonchev–Trinajstić information content (AvgIpc) is 3.55. The van der Waals surface area contributed by atoms with Crippen LogP contribution in [0.3, 0.4) is 0 Å². The lowest BCUT2D eigenvalue weighted by Gasteiger charge is -2.37. The monoisotopic (exact) mass is 488 g/mol.